The summed E-state index contributed by atoms with van der Waals surface area (Å²) in [5.74, 6) is -1.49. The third kappa shape index (κ3) is 4.43. The van der Waals surface area contributed by atoms with Crippen LogP contribution >= 0.6 is 0 Å². The van der Waals surface area contributed by atoms with Crippen LogP contribution in [0.25, 0.3) is 0 Å². The summed E-state index contributed by atoms with van der Waals surface area (Å²) in [6, 6.07) is 3.45. The highest BCUT2D eigenvalue weighted by Gasteiger charge is 2.11. The summed E-state index contributed by atoms with van der Waals surface area (Å²) in [6.45, 7) is 2.53. The van der Waals surface area contributed by atoms with Crippen LogP contribution in [0.4, 0.5) is 4.39 Å². The number of carbonyl (C=O) groups is 1. The van der Waals surface area contributed by atoms with Gasteiger partial charge in [-0.1, -0.05) is 26.2 Å². The molecule has 0 aromatic heterocycles. The number of benzene rings is 1. The van der Waals surface area contributed by atoms with Gasteiger partial charge in [0, 0.05) is 6.07 Å². The fourth-order valence-electron chi connectivity index (χ4n) is 1.50. The number of hydrogen-bond acceptors (Lipinski definition) is 2. The lowest BCUT2D eigenvalue weighted by Crippen LogP contribution is -2.05. The van der Waals surface area contributed by atoms with E-state index in [-0.39, 0.29) is 11.3 Å². The molecule has 3 nitrogen and oxygen atoms in total. The van der Waals surface area contributed by atoms with Crippen molar-refractivity contribution in [3.63, 3.8) is 0 Å². The summed E-state index contributed by atoms with van der Waals surface area (Å²) in [7, 11) is 0. The van der Waals surface area contributed by atoms with Crippen molar-refractivity contribution in [1.29, 1.82) is 0 Å². The summed E-state index contributed by atoms with van der Waals surface area (Å²) < 4.78 is 18.3. The summed E-state index contributed by atoms with van der Waals surface area (Å²) in [6.07, 6.45) is 4.14. The van der Waals surface area contributed by atoms with E-state index in [4.69, 9.17) is 9.84 Å². The second-order valence-corrected chi connectivity index (χ2v) is 3.85. The van der Waals surface area contributed by atoms with Gasteiger partial charge in [0.15, 0.2) is 0 Å². The van der Waals surface area contributed by atoms with Gasteiger partial charge in [-0.15, -0.1) is 0 Å². The van der Waals surface area contributed by atoms with E-state index in [1.54, 1.807) is 0 Å². The SMILES string of the molecule is CCCCCCOc1cc(F)ccc1C(=O)O. The molecule has 0 fully saturated rings. The number of ether oxygens (including phenoxy) is 1. The number of hydrogen-bond donors (Lipinski definition) is 1. The number of halogens is 1. The smallest absolute Gasteiger partial charge is 0.339 e. The van der Waals surface area contributed by atoms with Crippen molar-refractivity contribution >= 4 is 5.97 Å². The van der Waals surface area contributed by atoms with Crippen LogP contribution < -0.4 is 4.74 Å². The van der Waals surface area contributed by atoms with Crippen molar-refractivity contribution in [2.45, 2.75) is 32.6 Å². The lowest BCUT2D eigenvalue weighted by Gasteiger charge is -2.08. The molecular weight excluding hydrogens is 223 g/mol. The molecule has 94 valence electrons. The minimum atomic E-state index is -1.10. The third-order valence-electron chi connectivity index (χ3n) is 2.43. The molecule has 17 heavy (non-hydrogen) atoms. The number of unbranched alkanes of at least 4 members (excludes halogenated alkanes) is 3. The van der Waals surface area contributed by atoms with Gasteiger partial charge in [0.05, 0.1) is 6.61 Å². The third-order valence-corrected chi connectivity index (χ3v) is 2.43. The van der Waals surface area contributed by atoms with Crippen molar-refractivity contribution in [2.75, 3.05) is 6.61 Å². The molecule has 1 N–H and O–H groups in total. The average Bonchev–Trinajstić information content (AvgIpc) is 2.28. The monoisotopic (exact) mass is 240 g/mol. The highest BCUT2D eigenvalue weighted by molar-refractivity contribution is 5.90. The Kier molecular flexibility index (Phi) is 5.46. The summed E-state index contributed by atoms with van der Waals surface area (Å²) >= 11 is 0. The molecule has 0 spiro atoms. The van der Waals surface area contributed by atoms with Gasteiger partial charge in [-0.05, 0) is 18.6 Å². The van der Waals surface area contributed by atoms with Crippen LogP contribution in [-0.2, 0) is 0 Å². The number of carboxylic acids is 1. The van der Waals surface area contributed by atoms with Crippen LogP contribution in [0.5, 0.6) is 5.75 Å². The van der Waals surface area contributed by atoms with Crippen LogP contribution in [0.3, 0.4) is 0 Å². The zero-order valence-electron chi connectivity index (χ0n) is 9.91. The first kappa shape index (κ1) is 13.5. The van der Waals surface area contributed by atoms with E-state index in [0.717, 1.165) is 37.8 Å². The van der Waals surface area contributed by atoms with Crippen molar-refractivity contribution in [1.82, 2.24) is 0 Å². The highest BCUT2D eigenvalue weighted by Crippen LogP contribution is 2.20. The standard InChI is InChI=1S/C13H17FO3/c1-2-3-4-5-8-17-12-9-10(14)6-7-11(12)13(15)16/h6-7,9H,2-5,8H2,1H3,(H,15,16). The highest BCUT2D eigenvalue weighted by atomic mass is 19.1. The Morgan fingerprint density at radius 3 is 2.76 bits per heavy atom. The van der Waals surface area contributed by atoms with Crippen molar-refractivity contribution in [2.24, 2.45) is 0 Å². The maximum Gasteiger partial charge on any atom is 0.339 e. The van der Waals surface area contributed by atoms with Crippen LogP contribution in [0.15, 0.2) is 18.2 Å². The first-order valence-corrected chi connectivity index (χ1v) is 5.80. The van der Waals surface area contributed by atoms with Crippen LogP contribution in [-0.4, -0.2) is 17.7 Å². The van der Waals surface area contributed by atoms with Crippen LogP contribution in [0, 0.1) is 5.82 Å². The maximum absolute atomic E-state index is 13.0. The fourth-order valence-corrected chi connectivity index (χ4v) is 1.50. The Bertz CT molecular complexity index is 377. The van der Waals surface area contributed by atoms with E-state index in [1.165, 1.54) is 6.07 Å². The molecule has 4 heteroatoms. The first-order valence-electron chi connectivity index (χ1n) is 5.80. The zero-order chi connectivity index (χ0) is 12.7. The molecule has 0 saturated heterocycles. The Hall–Kier alpha value is -1.58. The predicted molar refractivity (Wildman–Crippen MR) is 63.0 cm³/mol. The Morgan fingerprint density at radius 2 is 2.12 bits per heavy atom. The van der Waals surface area contributed by atoms with Gasteiger partial charge in [0.1, 0.15) is 17.1 Å². The van der Waals surface area contributed by atoms with Crippen molar-refractivity contribution in [3.05, 3.63) is 29.6 Å². The molecule has 0 aliphatic rings. The molecule has 0 aliphatic carbocycles. The van der Waals surface area contributed by atoms with Gasteiger partial charge in [-0.3, -0.25) is 0 Å². The second kappa shape index (κ2) is 6.89. The Balaban J connectivity index is 2.56. The van der Waals surface area contributed by atoms with Crippen molar-refractivity contribution in [3.8, 4) is 5.75 Å². The van der Waals surface area contributed by atoms with E-state index >= 15 is 0 Å². The molecule has 0 radical (unpaired) electrons. The lowest BCUT2D eigenvalue weighted by molar-refractivity contribution is 0.0692. The van der Waals surface area contributed by atoms with Gasteiger partial charge in [0.2, 0.25) is 0 Å². The van der Waals surface area contributed by atoms with Gasteiger partial charge in [-0.2, -0.15) is 0 Å². The van der Waals surface area contributed by atoms with Crippen molar-refractivity contribution < 1.29 is 19.0 Å². The molecule has 1 aromatic carbocycles. The molecule has 0 amide bonds. The molecule has 0 unspecified atom stereocenters. The molecule has 0 saturated carbocycles. The summed E-state index contributed by atoms with van der Waals surface area (Å²) in [5, 5.41) is 8.89. The summed E-state index contributed by atoms with van der Waals surface area (Å²) in [5.41, 5.74) is 0.00175. The molecule has 1 aromatic rings. The predicted octanol–water partition coefficient (Wildman–Crippen LogP) is 3.48. The quantitative estimate of drug-likeness (QED) is 0.742. The molecular formula is C13H17FO3. The van der Waals surface area contributed by atoms with Crippen LogP contribution in [0.2, 0.25) is 0 Å². The lowest BCUT2D eigenvalue weighted by atomic mass is 10.2. The van der Waals surface area contributed by atoms with Gasteiger partial charge >= 0.3 is 5.97 Å². The van der Waals surface area contributed by atoms with E-state index < -0.39 is 11.8 Å². The molecule has 0 bridgehead atoms. The number of rotatable bonds is 7. The second-order valence-electron chi connectivity index (χ2n) is 3.85. The molecule has 0 heterocycles. The molecule has 1 rings (SSSR count). The minimum absolute atomic E-state index is 0.00175. The van der Waals surface area contributed by atoms with E-state index in [0.29, 0.717) is 6.61 Å². The van der Waals surface area contributed by atoms with Gasteiger partial charge in [0.25, 0.3) is 0 Å². The summed E-state index contributed by atoms with van der Waals surface area (Å²) in [4.78, 5) is 10.9. The minimum Gasteiger partial charge on any atom is -0.493 e. The molecule has 0 aliphatic heterocycles. The van der Waals surface area contributed by atoms with E-state index in [2.05, 4.69) is 6.92 Å². The van der Waals surface area contributed by atoms with Gasteiger partial charge < -0.3 is 9.84 Å². The Labute approximate surface area is 100 Å². The van der Waals surface area contributed by atoms with Crippen LogP contribution in [0.1, 0.15) is 43.0 Å². The largest absolute Gasteiger partial charge is 0.493 e. The van der Waals surface area contributed by atoms with E-state index in [9.17, 15) is 9.18 Å². The van der Waals surface area contributed by atoms with E-state index in [1.807, 2.05) is 0 Å². The topological polar surface area (TPSA) is 46.5 Å². The maximum atomic E-state index is 13.0. The molecule has 0 atom stereocenters. The first-order chi connectivity index (χ1) is 8.15. The average molecular weight is 240 g/mol. The Morgan fingerprint density at radius 1 is 1.35 bits per heavy atom. The fraction of sp³-hybridized carbons (Fsp3) is 0.462. The zero-order valence-corrected chi connectivity index (χ0v) is 9.91. The normalized spacial score (nSPS) is 10.2. The van der Waals surface area contributed by atoms with Gasteiger partial charge in [-0.25, -0.2) is 9.18 Å². The number of carboxylic acid groups (broad SMARTS) is 1. The number of aromatic carboxylic acids is 1.